The average Bonchev–Trinajstić information content (AvgIpc) is 2.31. The molecule has 2 rings (SSSR count). The van der Waals surface area contributed by atoms with Crippen molar-refractivity contribution in [1.29, 1.82) is 0 Å². The van der Waals surface area contributed by atoms with Crippen LogP contribution in [0.1, 0.15) is 11.1 Å². The van der Waals surface area contributed by atoms with Gasteiger partial charge in [-0.15, -0.1) is 0 Å². The molecule has 0 aromatic heterocycles. The Morgan fingerprint density at radius 3 is 1.11 bits per heavy atom. The average molecular weight is 320 g/mol. The predicted molar refractivity (Wildman–Crippen MR) is 80.3 cm³/mol. The van der Waals surface area contributed by atoms with E-state index in [2.05, 4.69) is 0 Å². The molecule has 0 spiro atoms. The van der Waals surface area contributed by atoms with Gasteiger partial charge in [-0.3, -0.25) is 0 Å². The second-order valence-corrected chi connectivity index (χ2v) is 5.53. The molecule has 0 saturated carbocycles. The first-order valence-corrected chi connectivity index (χ1v) is 6.96. The molecule has 0 radical (unpaired) electrons. The lowest BCUT2D eigenvalue weighted by molar-refractivity contribution is 0.961. The summed E-state index contributed by atoms with van der Waals surface area (Å²) in [4.78, 5) is 0. The van der Waals surface area contributed by atoms with Gasteiger partial charge in [-0.25, -0.2) is 0 Å². The standard InChI is InChI=1S/C14H10Cl4/c15-11-3-1-4-12(16)9(11)7-8-10-13(17)5-2-6-14(10)18/h1-6H,7-8H2. The Labute approximate surface area is 126 Å². The van der Waals surface area contributed by atoms with Crippen LogP contribution in [0, 0.1) is 0 Å². The number of hydrogen-bond acceptors (Lipinski definition) is 0. The first-order chi connectivity index (χ1) is 8.59. The molecule has 0 atom stereocenters. The molecule has 0 aliphatic heterocycles. The summed E-state index contributed by atoms with van der Waals surface area (Å²) in [5.41, 5.74) is 1.86. The van der Waals surface area contributed by atoms with E-state index in [1.165, 1.54) is 0 Å². The first kappa shape index (κ1) is 14.0. The van der Waals surface area contributed by atoms with Gasteiger partial charge >= 0.3 is 0 Å². The smallest absolute Gasteiger partial charge is 0.0452 e. The Morgan fingerprint density at radius 2 is 0.833 bits per heavy atom. The number of benzene rings is 2. The minimum Gasteiger partial charge on any atom is -0.0840 e. The van der Waals surface area contributed by atoms with E-state index in [0.29, 0.717) is 32.9 Å². The van der Waals surface area contributed by atoms with Gasteiger partial charge in [-0.05, 0) is 48.2 Å². The Morgan fingerprint density at radius 1 is 0.556 bits per heavy atom. The molecule has 0 nitrogen and oxygen atoms in total. The molecule has 0 saturated heterocycles. The third-order valence-corrected chi connectivity index (χ3v) is 4.16. The fourth-order valence-electron chi connectivity index (χ4n) is 1.79. The van der Waals surface area contributed by atoms with Crippen molar-refractivity contribution in [3.63, 3.8) is 0 Å². The SMILES string of the molecule is Clc1cccc(Cl)c1CCc1c(Cl)cccc1Cl. The van der Waals surface area contributed by atoms with Crippen LogP contribution < -0.4 is 0 Å². The highest BCUT2D eigenvalue weighted by Crippen LogP contribution is 2.29. The van der Waals surface area contributed by atoms with Crippen molar-refractivity contribution in [3.8, 4) is 0 Å². The maximum absolute atomic E-state index is 6.12. The summed E-state index contributed by atoms with van der Waals surface area (Å²) >= 11 is 24.5. The number of halogens is 4. The highest BCUT2D eigenvalue weighted by Gasteiger charge is 2.09. The van der Waals surface area contributed by atoms with Crippen LogP contribution in [-0.4, -0.2) is 0 Å². The lowest BCUT2D eigenvalue weighted by atomic mass is 10.0. The number of hydrogen-bond donors (Lipinski definition) is 0. The molecule has 0 aliphatic carbocycles. The van der Waals surface area contributed by atoms with Crippen LogP contribution in [0.25, 0.3) is 0 Å². The second-order valence-electron chi connectivity index (χ2n) is 3.90. The van der Waals surface area contributed by atoms with Gasteiger partial charge in [0.15, 0.2) is 0 Å². The van der Waals surface area contributed by atoms with Gasteiger partial charge in [0.1, 0.15) is 0 Å². The molecular formula is C14H10Cl4. The van der Waals surface area contributed by atoms with E-state index in [1.807, 2.05) is 36.4 Å². The van der Waals surface area contributed by atoms with Crippen LogP contribution in [0.15, 0.2) is 36.4 Å². The molecule has 4 heteroatoms. The molecule has 2 aromatic carbocycles. The Bertz CT molecular complexity index is 472. The first-order valence-electron chi connectivity index (χ1n) is 5.45. The summed E-state index contributed by atoms with van der Waals surface area (Å²) in [6.07, 6.45) is 1.42. The maximum atomic E-state index is 6.12. The van der Waals surface area contributed by atoms with Crippen molar-refractivity contribution in [3.05, 3.63) is 67.6 Å². The molecule has 0 bridgehead atoms. The highest BCUT2D eigenvalue weighted by atomic mass is 35.5. The van der Waals surface area contributed by atoms with Crippen molar-refractivity contribution in [2.45, 2.75) is 12.8 Å². The van der Waals surface area contributed by atoms with Gasteiger partial charge in [0.05, 0.1) is 0 Å². The van der Waals surface area contributed by atoms with Crippen molar-refractivity contribution >= 4 is 46.4 Å². The molecule has 0 fully saturated rings. The fraction of sp³-hybridized carbons (Fsp3) is 0.143. The second kappa shape index (κ2) is 6.16. The van der Waals surface area contributed by atoms with E-state index >= 15 is 0 Å². The van der Waals surface area contributed by atoms with Crippen LogP contribution in [0.3, 0.4) is 0 Å². The topological polar surface area (TPSA) is 0 Å². The zero-order valence-electron chi connectivity index (χ0n) is 9.39. The largest absolute Gasteiger partial charge is 0.0840 e. The summed E-state index contributed by atoms with van der Waals surface area (Å²) in [5.74, 6) is 0. The molecule has 94 valence electrons. The zero-order chi connectivity index (χ0) is 13.1. The van der Waals surface area contributed by atoms with Gasteiger partial charge in [-0.2, -0.15) is 0 Å². The molecule has 0 N–H and O–H groups in total. The summed E-state index contributed by atoms with van der Waals surface area (Å²) in [6, 6.07) is 11.0. The Hall–Kier alpha value is -0.400. The van der Waals surface area contributed by atoms with E-state index in [4.69, 9.17) is 46.4 Å². The van der Waals surface area contributed by atoms with Crippen molar-refractivity contribution < 1.29 is 0 Å². The molecule has 0 aliphatic rings. The van der Waals surface area contributed by atoms with Gasteiger partial charge in [0.2, 0.25) is 0 Å². The van der Waals surface area contributed by atoms with Crippen LogP contribution in [0.4, 0.5) is 0 Å². The van der Waals surface area contributed by atoms with E-state index in [0.717, 1.165) is 11.1 Å². The monoisotopic (exact) mass is 318 g/mol. The Kier molecular flexibility index (Phi) is 4.80. The lowest BCUT2D eigenvalue weighted by Crippen LogP contribution is -1.95. The summed E-state index contributed by atoms with van der Waals surface area (Å²) in [5, 5.41) is 2.69. The van der Waals surface area contributed by atoms with Crippen LogP contribution in [0.5, 0.6) is 0 Å². The van der Waals surface area contributed by atoms with Crippen molar-refractivity contribution in [1.82, 2.24) is 0 Å². The summed E-state index contributed by atoms with van der Waals surface area (Å²) in [7, 11) is 0. The van der Waals surface area contributed by atoms with Crippen molar-refractivity contribution in [2.24, 2.45) is 0 Å². The van der Waals surface area contributed by atoms with Crippen molar-refractivity contribution in [2.75, 3.05) is 0 Å². The Balaban J connectivity index is 2.22. The van der Waals surface area contributed by atoms with Crippen LogP contribution in [-0.2, 0) is 12.8 Å². The fourth-order valence-corrected chi connectivity index (χ4v) is 2.97. The maximum Gasteiger partial charge on any atom is 0.0452 e. The van der Waals surface area contributed by atoms with E-state index in [1.54, 1.807) is 0 Å². The third kappa shape index (κ3) is 3.13. The minimum atomic E-state index is 0.672. The third-order valence-electron chi connectivity index (χ3n) is 2.75. The quantitative estimate of drug-likeness (QED) is 0.642. The highest BCUT2D eigenvalue weighted by molar-refractivity contribution is 6.36. The zero-order valence-corrected chi connectivity index (χ0v) is 12.4. The van der Waals surface area contributed by atoms with Gasteiger partial charge in [0.25, 0.3) is 0 Å². The van der Waals surface area contributed by atoms with Crippen LogP contribution >= 0.6 is 46.4 Å². The molecule has 0 amide bonds. The lowest BCUT2D eigenvalue weighted by Gasteiger charge is -2.09. The molecule has 0 heterocycles. The normalized spacial score (nSPS) is 10.7. The molecule has 2 aromatic rings. The predicted octanol–water partition coefficient (Wildman–Crippen LogP) is 6.09. The van der Waals surface area contributed by atoms with E-state index in [-0.39, 0.29) is 0 Å². The number of rotatable bonds is 3. The van der Waals surface area contributed by atoms with Crippen LogP contribution in [0.2, 0.25) is 20.1 Å². The molecule has 18 heavy (non-hydrogen) atoms. The summed E-state index contributed by atoms with van der Waals surface area (Å²) in [6.45, 7) is 0. The summed E-state index contributed by atoms with van der Waals surface area (Å²) < 4.78 is 0. The molecular weight excluding hydrogens is 310 g/mol. The molecule has 0 unspecified atom stereocenters. The van der Waals surface area contributed by atoms with E-state index in [9.17, 15) is 0 Å². The van der Waals surface area contributed by atoms with E-state index < -0.39 is 0 Å². The van der Waals surface area contributed by atoms with Gasteiger partial charge in [0, 0.05) is 20.1 Å². The minimum absolute atomic E-state index is 0.672. The van der Waals surface area contributed by atoms with Gasteiger partial charge < -0.3 is 0 Å². The van der Waals surface area contributed by atoms with Gasteiger partial charge in [-0.1, -0.05) is 58.5 Å².